The maximum absolute atomic E-state index is 15.2. The summed E-state index contributed by atoms with van der Waals surface area (Å²) in [5.74, 6) is -0.603. The van der Waals surface area contributed by atoms with E-state index in [1.54, 1.807) is 0 Å². The molecule has 5 aliphatic heterocycles. The fraction of sp³-hybridized carbons (Fsp3) is 0.949. The molecule has 5 heterocycles. The monoisotopic (exact) mass is 1220 g/mol. The van der Waals surface area contributed by atoms with Gasteiger partial charge in [-0.05, 0) is 117 Å². The maximum atomic E-state index is 15.2. The lowest BCUT2D eigenvalue weighted by atomic mass is 9.34. The molecule has 4 saturated carbocycles. The highest BCUT2D eigenvalue weighted by atomic mass is 16.8. The number of rotatable bonds is 14. The van der Waals surface area contributed by atoms with E-state index < -0.39 is 189 Å². The van der Waals surface area contributed by atoms with Crippen molar-refractivity contribution in [2.24, 2.45) is 56.7 Å². The SMILES string of the molecule is CC(C)[C@@H]1CC[C@]2(C(=O)O[C@@H]3O[C@H](CO[C@@H]4O[C@H](CO)[C@@H](O[C@@H]5O[C@@H](C)[C@H](O)[C@@H](O)[C@H]5O)[C@H](O)[C@H]4O)[C@H](O)[C@H](O)[C@H]3O)CC[C@]3(C)C(=CC[C@@H]4[C@@]5(C)CC[C@H](O[C@@H]6OC[C@H](O)[C@H](O)[C@H]6O[C@@H]6O[C@@H](C)[C@H](O)[C@@H](O)[C@H]6O)[C@@](C)(CO)[C@@H]5CC[C@]43C)[C@@H]12. The van der Waals surface area contributed by atoms with Crippen molar-refractivity contribution < 1.29 is 129 Å². The second-order valence-electron chi connectivity index (χ2n) is 28.0. The van der Waals surface area contributed by atoms with E-state index in [1.165, 1.54) is 19.4 Å². The molecule has 10 aliphatic rings. The number of aliphatic hydroxyl groups excluding tert-OH is 15. The van der Waals surface area contributed by atoms with Gasteiger partial charge in [0.1, 0.15) is 104 Å². The van der Waals surface area contributed by atoms with Gasteiger partial charge in [0.25, 0.3) is 0 Å². The smallest absolute Gasteiger partial charge is 0.315 e. The summed E-state index contributed by atoms with van der Waals surface area (Å²) in [5.41, 5.74) is -1.72. The van der Waals surface area contributed by atoms with Crippen LogP contribution >= 0.6 is 0 Å². The average Bonchev–Trinajstić information content (AvgIpc) is 1.62. The lowest BCUT2D eigenvalue weighted by Gasteiger charge is -2.71. The van der Waals surface area contributed by atoms with E-state index in [0.717, 1.165) is 12.8 Å². The molecule has 15 N–H and O–H groups in total. The topological polar surface area (TPSA) is 413 Å². The number of allylic oxidation sites excluding steroid dienone is 2. The van der Waals surface area contributed by atoms with E-state index in [0.29, 0.717) is 44.9 Å². The van der Waals surface area contributed by atoms with Crippen molar-refractivity contribution >= 4 is 5.97 Å². The van der Waals surface area contributed by atoms with Crippen LogP contribution in [0.25, 0.3) is 0 Å². The second-order valence-corrected chi connectivity index (χ2v) is 28.0. The van der Waals surface area contributed by atoms with Crippen LogP contribution < -0.4 is 0 Å². The average molecular weight is 1220 g/mol. The third-order valence-electron chi connectivity index (χ3n) is 23.3. The van der Waals surface area contributed by atoms with Crippen LogP contribution in [0.1, 0.15) is 113 Å². The van der Waals surface area contributed by atoms with Crippen molar-refractivity contribution in [1.29, 1.82) is 0 Å². The molecule has 34 atom stereocenters. The van der Waals surface area contributed by atoms with E-state index in [1.807, 2.05) is 6.92 Å². The van der Waals surface area contributed by atoms with E-state index in [-0.39, 0.29) is 53.6 Å². The van der Waals surface area contributed by atoms with Gasteiger partial charge < -0.3 is 124 Å². The number of esters is 1. The van der Waals surface area contributed by atoms with Gasteiger partial charge >= 0.3 is 5.97 Å². The summed E-state index contributed by atoms with van der Waals surface area (Å²) in [6.07, 6.45) is -30.1. The summed E-state index contributed by atoms with van der Waals surface area (Å²) in [6, 6.07) is 0. The molecule has 9 fully saturated rings. The normalized spacial score (nSPS) is 55.4. The number of aliphatic hydroxyl groups is 15. The van der Waals surface area contributed by atoms with Gasteiger partial charge in [-0.25, -0.2) is 0 Å². The van der Waals surface area contributed by atoms with Gasteiger partial charge in [-0.1, -0.05) is 53.2 Å². The van der Waals surface area contributed by atoms with Crippen LogP contribution in [-0.2, 0) is 52.2 Å². The summed E-state index contributed by atoms with van der Waals surface area (Å²) >= 11 is 0. The molecular weight excluding hydrogens is 1120 g/mol. The first-order chi connectivity index (χ1) is 39.9. The molecule has 26 heteroatoms. The van der Waals surface area contributed by atoms with Gasteiger partial charge in [0.2, 0.25) is 6.29 Å². The van der Waals surface area contributed by atoms with E-state index in [2.05, 4.69) is 40.7 Å². The molecular formula is C59H96O26. The lowest BCUT2D eigenvalue weighted by Crippen LogP contribution is -2.67. The maximum Gasteiger partial charge on any atom is 0.315 e. The van der Waals surface area contributed by atoms with Crippen LogP contribution in [0.2, 0.25) is 0 Å². The molecule has 85 heavy (non-hydrogen) atoms. The zero-order valence-corrected chi connectivity index (χ0v) is 49.8. The van der Waals surface area contributed by atoms with E-state index in [4.69, 9.17) is 47.4 Å². The van der Waals surface area contributed by atoms with Crippen molar-refractivity contribution in [1.82, 2.24) is 0 Å². The Bertz CT molecular complexity index is 2350. The summed E-state index contributed by atoms with van der Waals surface area (Å²) in [5, 5.41) is 163. The first kappa shape index (κ1) is 66.2. The molecule has 0 aromatic heterocycles. The Hall–Kier alpha value is -1.75. The minimum absolute atomic E-state index is 0.0658. The third kappa shape index (κ3) is 10.9. The Morgan fingerprint density at radius 1 is 0.588 bits per heavy atom. The van der Waals surface area contributed by atoms with E-state index >= 15 is 4.79 Å². The second kappa shape index (κ2) is 24.7. The lowest BCUT2D eigenvalue weighted by molar-refractivity contribution is -0.365. The van der Waals surface area contributed by atoms with Gasteiger partial charge in [0.05, 0.1) is 50.2 Å². The van der Waals surface area contributed by atoms with Crippen molar-refractivity contribution in [3.63, 3.8) is 0 Å². The number of fused-ring (bicyclic) bond motifs is 7. The Morgan fingerprint density at radius 2 is 1.18 bits per heavy atom. The zero-order valence-electron chi connectivity index (χ0n) is 49.8. The van der Waals surface area contributed by atoms with Gasteiger partial charge in [-0.15, -0.1) is 0 Å². The zero-order chi connectivity index (χ0) is 61.9. The van der Waals surface area contributed by atoms with Gasteiger partial charge in [0.15, 0.2) is 25.2 Å². The number of ether oxygens (including phenoxy) is 10. The third-order valence-corrected chi connectivity index (χ3v) is 23.3. The molecule has 0 amide bonds. The highest BCUT2D eigenvalue weighted by Gasteiger charge is 2.72. The van der Waals surface area contributed by atoms with E-state index in [9.17, 15) is 76.6 Å². The van der Waals surface area contributed by atoms with Crippen LogP contribution in [0.3, 0.4) is 0 Å². The van der Waals surface area contributed by atoms with Crippen LogP contribution in [0, 0.1) is 56.7 Å². The standard InChI is InChI=1S/C59H96O26/c1-23(2)26-11-16-59(54(75)85-52-45(73)41(69)38(66)30(81-52)21-77-49-46(74)42(70)47(29(19-60)80-49)83-50-43(71)39(67)35(63)24(3)78-50)18-17-57(7)27(34(26)59)9-10-32-55(5)14-13-33(56(6,22-61)31(55)12-15-58(32,57)8)82-53-48(37(65)28(62)20-76-53)84-51-44(72)40(68)36(64)25(4)79-51/h9,23-26,28-53,60-74H,10-22H2,1-8H3/t24-,25-,26-,28-,29+,30+,31+,32+,33-,34+,35-,36-,37-,38-,39+,40+,41-,42+,43+,44+,45+,46+,47+,48+,49+,50-,51-,52-,53-,55-,56-,57+,58+,59-/m0/s1. The van der Waals surface area contributed by atoms with Crippen LogP contribution in [-0.4, -0.2) is 263 Å². The van der Waals surface area contributed by atoms with Gasteiger partial charge in [-0.3, -0.25) is 4.79 Å². The highest BCUT2D eigenvalue weighted by molar-refractivity contribution is 5.79. The summed E-state index contributed by atoms with van der Waals surface area (Å²) < 4.78 is 59.5. The number of carbonyl (C=O) groups excluding carboxylic acids is 1. The van der Waals surface area contributed by atoms with Crippen LogP contribution in [0.4, 0.5) is 0 Å². The molecule has 488 valence electrons. The van der Waals surface area contributed by atoms with Gasteiger partial charge in [0, 0.05) is 5.41 Å². The van der Waals surface area contributed by atoms with Crippen molar-refractivity contribution in [2.45, 2.75) is 267 Å². The fourth-order valence-corrected chi connectivity index (χ4v) is 17.8. The molecule has 26 nitrogen and oxygen atoms in total. The number of hydrogen-bond acceptors (Lipinski definition) is 26. The predicted molar refractivity (Wildman–Crippen MR) is 288 cm³/mol. The fourth-order valence-electron chi connectivity index (χ4n) is 17.8. The molecule has 0 aromatic carbocycles. The molecule has 0 bridgehead atoms. The largest absolute Gasteiger partial charge is 0.432 e. The Labute approximate surface area is 494 Å². The molecule has 0 radical (unpaired) electrons. The molecule has 10 rings (SSSR count). The Balaban J connectivity index is 0.834. The van der Waals surface area contributed by atoms with Crippen LogP contribution in [0.15, 0.2) is 11.6 Å². The molecule has 0 spiro atoms. The molecule has 0 unspecified atom stereocenters. The summed E-state index contributed by atoms with van der Waals surface area (Å²) in [7, 11) is 0. The Kier molecular flexibility index (Phi) is 19.2. The van der Waals surface area contributed by atoms with Gasteiger partial charge in [-0.2, -0.15) is 0 Å². The molecule has 5 saturated heterocycles. The number of hydrogen-bond donors (Lipinski definition) is 15. The highest BCUT2D eigenvalue weighted by Crippen LogP contribution is 2.76. The van der Waals surface area contributed by atoms with Crippen molar-refractivity contribution in [2.75, 3.05) is 26.4 Å². The quantitative estimate of drug-likeness (QED) is 0.0478. The first-order valence-electron chi connectivity index (χ1n) is 30.7. The van der Waals surface area contributed by atoms with Crippen molar-refractivity contribution in [3.8, 4) is 0 Å². The molecule has 5 aliphatic carbocycles. The minimum atomic E-state index is -1.90. The Morgan fingerprint density at radius 3 is 1.79 bits per heavy atom. The molecule has 0 aromatic rings. The predicted octanol–water partition coefficient (Wildman–Crippen LogP) is -2.69. The summed E-state index contributed by atoms with van der Waals surface area (Å²) in [4.78, 5) is 15.2. The summed E-state index contributed by atoms with van der Waals surface area (Å²) in [6.45, 7) is 14.3. The minimum Gasteiger partial charge on any atom is -0.432 e. The number of carbonyl (C=O) groups is 1. The van der Waals surface area contributed by atoms with Crippen LogP contribution in [0.5, 0.6) is 0 Å². The first-order valence-corrected chi connectivity index (χ1v) is 30.7. The van der Waals surface area contributed by atoms with Crippen molar-refractivity contribution in [3.05, 3.63) is 11.6 Å².